The van der Waals surface area contributed by atoms with E-state index in [1.54, 1.807) is 38.1 Å². The molecule has 186 valence electrons. The summed E-state index contributed by atoms with van der Waals surface area (Å²) < 4.78 is 28.7. The van der Waals surface area contributed by atoms with E-state index in [-0.39, 0.29) is 17.7 Å². The molecule has 36 heavy (non-hydrogen) atoms. The number of rotatable bonds is 7. The van der Waals surface area contributed by atoms with E-state index in [1.165, 1.54) is 28.0 Å². The average Bonchev–Trinajstić information content (AvgIpc) is 3.12. The van der Waals surface area contributed by atoms with Gasteiger partial charge >= 0.3 is 5.97 Å². The van der Waals surface area contributed by atoms with E-state index in [1.807, 2.05) is 12.1 Å². The first-order chi connectivity index (χ1) is 17.2. The van der Waals surface area contributed by atoms with Crippen LogP contribution in [0.2, 0.25) is 0 Å². The van der Waals surface area contributed by atoms with Crippen molar-refractivity contribution in [3.63, 3.8) is 0 Å². The quantitative estimate of drug-likeness (QED) is 0.201. The van der Waals surface area contributed by atoms with Crippen LogP contribution in [0.1, 0.15) is 31.0 Å². The van der Waals surface area contributed by atoms with E-state index in [2.05, 4.69) is 56.8 Å². The maximum atomic E-state index is 13.8. The van der Waals surface area contributed by atoms with Crippen molar-refractivity contribution >= 4 is 68.6 Å². The van der Waals surface area contributed by atoms with Gasteiger partial charge in [-0.15, -0.1) is 0 Å². The highest BCUT2D eigenvalue weighted by atomic mass is 127. The smallest absolute Gasteiger partial charge is 0.338 e. The second kappa shape index (κ2) is 11.4. The molecular weight excluding hydrogens is 709 g/mol. The zero-order valence-electron chi connectivity index (χ0n) is 19.4. The van der Waals surface area contributed by atoms with Gasteiger partial charge in [0.05, 0.1) is 32.0 Å². The number of hydrogen-bond acceptors (Lipinski definition) is 6. The number of fused-ring (bicyclic) bond motifs is 1. The maximum Gasteiger partial charge on any atom is 0.338 e. The van der Waals surface area contributed by atoms with Crippen molar-refractivity contribution in [2.24, 2.45) is 4.99 Å². The van der Waals surface area contributed by atoms with Crippen molar-refractivity contribution in [3.8, 4) is 5.75 Å². The van der Waals surface area contributed by atoms with Crippen LogP contribution < -0.4 is 19.6 Å². The lowest BCUT2D eigenvalue weighted by Crippen LogP contribution is -2.39. The Balaban J connectivity index is 1.96. The molecule has 0 saturated carbocycles. The topological polar surface area (TPSA) is 69.9 Å². The predicted molar refractivity (Wildman–Crippen MR) is 154 cm³/mol. The number of ether oxygens (including phenoxy) is 2. The zero-order valence-corrected chi connectivity index (χ0v) is 24.5. The molecule has 0 unspecified atom stereocenters. The van der Waals surface area contributed by atoms with E-state index >= 15 is 0 Å². The Morgan fingerprint density at radius 2 is 2.00 bits per heavy atom. The molecule has 1 aliphatic rings. The van der Waals surface area contributed by atoms with Gasteiger partial charge in [-0.1, -0.05) is 36.1 Å². The number of carbonyl (C=O) groups is 1. The Bertz CT molecular complexity index is 1560. The second-order valence-electron chi connectivity index (χ2n) is 7.76. The molecular formula is C26H21FI2N2O4S. The maximum absolute atomic E-state index is 13.8. The lowest BCUT2D eigenvalue weighted by Gasteiger charge is -2.24. The molecule has 2 heterocycles. The zero-order chi connectivity index (χ0) is 26.0. The van der Waals surface area contributed by atoms with Crippen LogP contribution in [0.15, 0.2) is 70.1 Å². The third-order valence-corrected chi connectivity index (χ3v) is 7.78. The van der Waals surface area contributed by atoms with Gasteiger partial charge in [-0.25, -0.2) is 14.2 Å². The standard InChI is InChI=1S/C26H21FI2N2O4S/c1-4-10-35-23-16(11-18(28)13-19(23)29)12-20-24(32)31-22(15-6-8-17(27)9-7-15)21(25(33)34-5-2)14(3)30-26(31)36-20/h4,6-9,11-13,22H,1,5,10H2,2-3H3/b20-12-/t22-/m0/s1. The first kappa shape index (κ1) is 26.7. The molecule has 0 aliphatic carbocycles. The number of esters is 1. The molecule has 0 fully saturated rings. The highest BCUT2D eigenvalue weighted by Gasteiger charge is 2.33. The van der Waals surface area contributed by atoms with E-state index in [9.17, 15) is 14.0 Å². The van der Waals surface area contributed by atoms with Crippen molar-refractivity contribution in [1.29, 1.82) is 0 Å². The fraction of sp³-hybridized carbons (Fsp3) is 0.192. The normalized spacial score (nSPS) is 15.4. The van der Waals surface area contributed by atoms with Crippen LogP contribution in [0.3, 0.4) is 0 Å². The number of thiazole rings is 1. The number of nitrogens with zero attached hydrogens (tertiary/aromatic N) is 2. The van der Waals surface area contributed by atoms with Crippen molar-refractivity contribution in [1.82, 2.24) is 4.57 Å². The lowest BCUT2D eigenvalue weighted by molar-refractivity contribution is -0.139. The molecule has 1 atom stereocenters. The monoisotopic (exact) mass is 730 g/mol. The van der Waals surface area contributed by atoms with Gasteiger partial charge in [-0.3, -0.25) is 9.36 Å². The molecule has 2 aromatic carbocycles. The van der Waals surface area contributed by atoms with Gasteiger partial charge in [0.25, 0.3) is 5.56 Å². The van der Waals surface area contributed by atoms with Gasteiger partial charge < -0.3 is 9.47 Å². The van der Waals surface area contributed by atoms with Crippen LogP contribution in [0.4, 0.5) is 4.39 Å². The minimum absolute atomic E-state index is 0.176. The predicted octanol–water partition coefficient (Wildman–Crippen LogP) is 4.71. The molecule has 0 radical (unpaired) electrons. The summed E-state index contributed by atoms with van der Waals surface area (Å²) in [7, 11) is 0. The number of allylic oxidation sites excluding steroid dienone is 1. The minimum Gasteiger partial charge on any atom is -0.488 e. The lowest BCUT2D eigenvalue weighted by atomic mass is 9.96. The molecule has 6 nitrogen and oxygen atoms in total. The summed E-state index contributed by atoms with van der Waals surface area (Å²) in [6, 6.07) is 8.88. The Morgan fingerprint density at radius 1 is 1.28 bits per heavy atom. The third kappa shape index (κ3) is 5.35. The van der Waals surface area contributed by atoms with E-state index < -0.39 is 17.8 Å². The van der Waals surface area contributed by atoms with Gasteiger partial charge in [-0.05, 0) is 94.9 Å². The molecule has 0 saturated heterocycles. The number of benzene rings is 2. The van der Waals surface area contributed by atoms with E-state index in [0.29, 0.717) is 33.0 Å². The van der Waals surface area contributed by atoms with Crippen molar-refractivity contribution < 1.29 is 18.7 Å². The molecule has 3 aromatic rings. The molecule has 4 rings (SSSR count). The average molecular weight is 730 g/mol. The van der Waals surface area contributed by atoms with Gasteiger partial charge in [-0.2, -0.15) is 0 Å². The molecule has 0 N–H and O–H groups in total. The van der Waals surface area contributed by atoms with Crippen LogP contribution in [0.5, 0.6) is 5.75 Å². The van der Waals surface area contributed by atoms with E-state index in [0.717, 1.165) is 12.7 Å². The summed E-state index contributed by atoms with van der Waals surface area (Å²) in [5.74, 6) is -0.320. The Morgan fingerprint density at radius 3 is 2.67 bits per heavy atom. The highest BCUT2D eigenvalue weighted by molar-refractivity contribution is 14.1. The summed E-state index contributed by atoms with van der Waals surface area (Å²) in [5, 5.41) is 0. The fourth-order valence-electron chi connectivity index (χ4n) is 3.88. The number of halogens is 3. The third-order valence-electron chi connectivity index (χ3n) is 5.37. The largest absolute Gasteiger partial charge is 0.488 e. The summed E-state index contributed by atoms with van der Waals surface area (Å²) >= 11 is 5.64. The Labute approximate surface area is 238 Å². The summed E-state index contributed by atoms with van der Waals surface area (Å²) in [6.45, 7) is 7.63. The van der Waals surface area contributed by atoms with Gasteiger partial charge in [0.2, 0.25) is 0 Å². The SMILES string of the molecule is C=CCOc1c(I)cc(I)cc1/C=c1\sc2n(c1=O)[C@@H](c1ccc(F)cc1)C(C(=O)OCC)=C(C)N=2. The van der Waals surface area contributed by atoms with Gasteiger partial charge in [0.1, 0.15) is 18.2 Å². The number of aromatic nitrogens is 1. The van der Waals surface area contributed by atoms with Gasteiger partial charge in [0.15, 0.2) is 4.80 Å². The number of hydrogen-bond donors (Lipinski definition) is 0. The molecule has 0 amide bonds. The Hall–Kier alpha value is -2.32. The number of carbonyl (C=O) groups excluding carboxylic acids is 1. The van der Waals surface area contributed by atoms with Crippen molar-refractivity contribution in [3.05, 3.63) is 104 Å². The van der Waals surface area contributed by atoms with Crippen molar-refractivity contribution in [2.45, 2.75) is 19.9 Å². The van der Waals surface area contributed by atoms with Crippen LogP contribution in [0, 0.1) is 13.0 Å². The fourth-order valence-corrected chi connectivity index (χ4v) is 6.96. The first-order valence-corrected chi connectivity index (χ1v) is 13.9. The molecule has 10 heteroatoms. The van der Waals surface area contributed by atoms with Crippen LogP contribution in [0.25, 0.3) is 6.08 Å². The van der Waals surface area contributed by atoms with E-state index in [4.69, 9.17) is 9.47 Å². The molecule has 1 aliphatic heterocycles. The summed E-state index contributed by atoms with van der Waals surface area (Å²) in [4.78, 5) is 31.7. The minimum atomic E-state index is -0.796. The van der Waals surface area contributed by atoms with Crippen LogP contribution >= 0.6 is 56.5 Å². The van der Waals surface area contributed by atoms with Crippen LogP contribution in [-0.2, 0) is 9.53 Å². The second-order valence-corrected chi connectivity index (χ2v) is 11.2. The molecule has 1 aromatic heterocycles. The summed E-state index contributed by atoms with van der Waals surface area (Å²) in [5.41, 5.74) is 1.72. The van der Waals surface area contributed by atoms with Crippen molar-refractivity contribution in [2.75, 3.05) is 13.2 Å². The first-order valence-electron chi connectivity index (χ1n) is 10.9. The van der Waals surface area contributed by atoms with Crippen LogP contribution in [-0.4, -0.2) is 23.8 Å². The van der Waals surface area contributed by atoms with Gasteiger partial charge in [0, 0.05) is 9.13 Å². The molecule has 0 spiro atoms. The molecule has 0 bridgehead atoms. The summed E-state index contributed by atoms with van der Waals surface area (Å²) in [6.07, 6.45) is 3.44. The highest BCUT2D eigenvalue weighted by Crippen LogP contribution is 2.31. The Kier molecular flexibility index (Phi) is 8.45.